The molecule has 0 aliphatic carbocycles. The third-order valence-corrected chi connectivity index (χ3v) is 5.99. The molecule has 1 spiro atoms. The van der Waals surface area contributed by atoms with E-state index in [0.717, 1.165) is 41.2 Å². The van der Waals surface area contributed by atoms with Gasteiger partial charge in [0, 0.05) is 22.9 Å². The van der Waals surface area contributed by atoms with E-state index in [2.05, 4.69) is 32.3 Å². The molecule has 2 fully saturated rings. The SMILES string of the molecule is Cc1nc(NC2CCOC3(CCSC3)C2)ccc1Br. The lowest BCUT2D eigenvalue weighted by Gasteiger charge is -2.38. The van der Waals surface area contributed by atoms with Crippen LogP contribution in [0.15, 0.2) is 16.6 Å². The molecule has 3 nitrogen and oxygen atoms in total. The van der Waals surface area contributed by atoms with Crippen LogP contribution in [0.4, 0.5) is 5.82 Å². The Morgan fingerprint density at radius 1 is 1.53 bits per heavy atom. The van der Waals surface area contributed by atoms with Gasteiger partial charge in [-0.3, -0.25) is 0 Å². The van der Waals surface area contributed by atoms with Gasteiger partial charge in [-0.05, 0) is 60.0 Å². The normalized spacial score (nSPS) is 30.7. The van der Waals surface area contributed by atoms with Gasteiger partial charge in [0.25, 0.3) is 0 Å². The summed E-state index contributed by atoms with van der Waals surface area (Å²) >= 11 is 5.51. The molecule has 2 aliphatic heterocycles. The van der Waals surface area contributed by atoms with E-state index in [0.29, 0.717) is 6.04 Å². The first-order valence-electron chi connectivity index (χ1n) is 6.78. The molecule has 0 bridgehead atoms. The largest absolute Gasteiger partial charge is 0.374 e. The maximum atomic E-state index is 6.05. The average Bonchev–Trinajstić information content (AvgIpc) is 2.82. The number of nitrogens with one attached hydrogen (secondary N) is 1. The number of aryl methyl sites for hydroxylation is 1. The van der Waals surface area contributed by atoms with Crippen LogP contribution in [0.1, 0.15) is 25.0 Å². The number of nitrogens with zero attached hydrogens (tertiary/aromatic N) is 1. The van der Waals surface area contributed by atoms with Gasteiger partial charge in [0.15, 0.2) is 0 Å². The molecular weight excluding hydrogens is 324 g/mol. The highest BCUT2D eigenvalue weighted by molar-refractivity contribution is 9.10. The smallest absolute Gasteiger partial charge is 0.126 e. The quantitative estimate of drug-likeness (QED) is 0.889. The Labute approximate surface area is 127 Å². The van der Waals surface area contributed by atoms with Crippen LogP contribution in [0.2, 0.25) is 0 Å². The number of pyridine rings is 1. The van der Waals surface area contributed by atoms with Crippen LogP contribution in [0.25, 0.3) is 0 Å². The molecule has 1 aromatic rings. The summed E-state index contributed by atoms with van der Waals surface area (Å²) in [5, 5.41) is 3.58. The molecule has 0 aromatic carbocycles. The Morgan fingerprint density at radius 2 is 2.42 bits per heavy atom. The topological polar surface area (TPSA) is 34.2 Å². The molecule has 3 heterocycles. The van der Waals surface area contributed by atoms with Crippen LogP contribution in [-0.2, 0) is 4.74 Å². The first-order valence-corrected chi connectivity index (χ1v) is 8.73. The van der Waals surface area contributed by atoms with Crippen molar-refractivity contribution in [3.63, 3.8) is 0 Å². The van der Waals surface area contributed by atoms with E-state index < -0.39 is 0 Å². The first kappa shape index (κ1) is 13.7. The van der Waals surface area contributed by atoms with Gasteiger partial charge in [-0.1, -0.05) is 0 Å². The summed E-state index contributed by atoms with van der Waals surface area (Å²) in [6.07, 6.45) is 3.38. The molecule has 104 valence electrons. The standard InChI is InChI=1S/C14H19BrN2OS/c1-10-12(15)2-3-13(16-10)17-11-4-6-18-14(8-11)5-7-19-9-14/h2-3,11H,4-9H2,1H3,(H,16,17). The maximum Gasteiger partial charge on any atom is 0.126 e. The molecule has 5 heteroatoms. The molecule has 2 atom stereocenters. The van der Waals surface area contributed by atoms with Crippen LogP contribution in [0.3, 0.4) is 0 Å². The van der Waals surface area contributed by atoms with Crippen molar-refractivity contribution in [1.29, 1.82) is 0 Å². The first-order chi connectivity index (χ1) is 9.17. The van der Waals surface area contributed by atoms with Crippen LogP contribution >= 0.6 is 27.7 Å². The number of thioether (sulfide) groups is 1. The van der Waals surface area contributed by atoms with Gasteiger partial charge in [0.05, 0.1) is 11.3 Å². The summed E-state index contributed by atoms with van der Waals surface area (Å²) < 4.78 is 7.11. The van der Waals surface area contributed by atoms with Gasteiger partial charge >= 0.3 is 0 Å². The fourth-order valence-electron chi connectivity index (χ4n) is 2.85. The average molecular weight is 343 g/mol. The Morgan fingerprint density at radius 3 is 3.16 bits per heavy atom. The second-order valence-corrected chi connectivity index (χ2v) is 7.39. The lowest BCUT2D eigenvalue weighted by Crippen LogP contribution is -2.44. The zero-order valence-corrected chi connectivity index (χ0v) is 13.5. The van der Waals surface area contributed by atoms with E-state index >= 15 is 0 Å². The van der Waals surface area contributed by atoms with Crippen molar-refractivity contribution in [3.05, 3.63) is 22.3 Å². The molecule has 2 aliphatic rings. The van der Waals surface area contributed by atoms with Gasteiger partial charge in [0.2, 0.25) is 0 Å². The molecule has 3 rings (SSSR count). The van der Waals surface area contributed by atoms with Crippen molar-refractivity contribution in [2.24, 2.45) is 0 Å². The maximum absolute atomic E-state index is 6.05. The molecule has 19 heavy (non-hydrogen) atoms. The van der Waals surface area contributed by atoms with Crippen molar-refractivity contribution >= 4 is 33.5 Å². The van der Waals surface area contributed by atoms with Crippen molar-refractivity contribution in [3.8, 4) is 0 Å². The van der Waals surface area contributed by atoms with Gasteiger partial charge in [-0.15, -0.1) is 0 Å². The van der Waals surface area contributed by atoms with Crippen molar-refractivity contribution < 1.29 is 4.74 Å². The van der Waals surface area contributed by atoms with E-state index in [-0.39, 0.29) is 5.60 Å². The van der Waals surface area contributed by atoms with E-state index in [1.165, 1.54) is 12.2 Å². The predicted molar refractivity (Wildman–Crippen MR) is 83.9 cm³/mol. The molecule has 2 unspecified atom stereocenters. The van der Waals surface area contributed by atoms with Gasteiger partial charge in [0.1, 0.15) is 5.82 Å². The highest BCUT2D eigenvalue weighted by Gasteiger charge is 2.40. The van der Waals surface area contributed by atoms with Gasteiger partial charge in [-0.2, -0.15) is 11.8 Å². The van der Waals surface area contributed by atoms with Gasteiger partial charge < -0.3 is 10.1 Å². The second-order valence-electron chi connectivity index (χ2n) is 5.43. The summed E-state index contributed by atoms with van der Waals surface area (Å²) in [7, 11) is 0. The lowest BCUT2D eigenvalue weighted by atomic mass is 9.90. The van der Waals surface area contributed by atoms with Crippen LogP contribution in [-0.4, -0.2) is 34.7 Å². The summed E-state index contributed by atoms with van der Waals surface area (Å²) in [5.74, 6) is 3.37. The molecule has 0 amide bonds. The molecule has 2 saturated heterocycles. The number of anilines is 1. The molecule has 1 N–H and O–H groups in total. The minimum atomic E-state index is 0.130. The van der Waals surface area contributed by atoms with E-state index in [9.17, 15) is 0 Å². The lowest BCUT2D eigenvalue weighted by molar-refractivity contribution is -0.0628. The highest BCUT2D eigenvalue weighted by Crippen LogP contribution is 2.38. The monoisotopic (exact) mass is 342 g/mol. The number of rotatable bonds is 2. The van der Waals surface area contributed by atoms with Crippen LogP contribution in [0, 0.1) is 6.92 Å². The van der Waals surface area contributed by atoms with Gasteiger partial charge in [-0.25, -0.2) is 4.98 Å². The van der Waals surface area contributed by atoms with Crippen LogP contribution < -0.4 is 5.32 Å². The summed E-state index contributed by atoms with van der Waals surface area (Å²) in [5.41, 5.74) is 1.16. The summed E-state index contributed by atoms with van der Waals surface area (Å²) in [4.78, 5) is 4.58. The third-order valence-electron chi connectivity index (χ3n) is 3.93. The Kier molecular flexibility index (Phi) is 4.06. The summed E-state index contributed by atoms with van der Waals surface area (Å²) in [6.45, 7) is 2.89. The van der Waals surface area contributed by atoms with E-state index in [1.807, 2.05) is 24.8 Å². The highest BCUT2D eigenvalue weighted by atomic mass is 79.9. The molecule has 0 saturated carbocycles. The Balaban J connectivity index is 1.67. The number of ether oxygens (including phenoxy) is 1. The molecular formula is C14H19BrN2OS. The fraction of sp³-hybridized carbons (Fsp3) is 0.643. The van der Waals surface area contributed by atoms with Crippen molar-refractivity contribution in [1.82, 2.24) is 4.98 Å². The third kappa shape index (κ3) is 3.09. The zero-order valence-electron chi connectivity index (χ0n) is 11.1. The molecule has 1 aromatic heterocycles. The fourth-order valence-corrected chi connectivity index (χ4v) is 4.45. The van der Waals surface area contributed by atoms with E-state index in [1.54, 1.807) is 0 Å². The number of halogens is 1. The molecule has 0 radical (unpaired) electrons. The van der Waals surface area contributed by atoms with Crippen molar-refractivity contribution in [2.75, 3.05) is 23.4 Å². The minimum Gasteiger partial charge on any atom is -0.374 e. The Bertz CT molecular complexity index is 463. The van der Waals surface area contributed by atoms with Crippen LogP contribution in [0.5, 0.6) is 0 Å². The number of hydrogen-bond acceptors (Lipinski definition) is 4. The van der Waals surface area contributed by atoms with Crippen molar-refractivity contribution in [2.45, 2.75) is 37.8 Å². The number of aromatic nitrogens is 1. The Hall–Kier alpha value is -0.260. The predicted octanol–water partition coefficient (Wildman–Crippen LogP) is 3.62. The number of hydrogen-bond donors (Lipinski definition) is 1. The summed E-state index contributed by atoms with van der Waals surface area (Å²) in [6, 6.07) is 4.59. The van der Waals surface area contributed by atoms with E-state index in [4.69, 9.17) is 4.74 Å². The second kappa shape index (κ2) is 5.62. The minimum absolute atomic E-state index is 0.130. The zero-order chi connectivity index (χ0) is 13.3.